The molecule has 1 atom stereocenters. The van der Waals surface area contributed by atoms with Crippen molar-refractivity contribution in [3.05, 3.63) is 53.9 Å². The molecule has 1 aliphatic rings. The third-order valence-electron chi connectivity index (χ3n) is 3.77. The molecule has 1 saturated heterocycles. The molecule has 0 aliphatic carbocycles. The summed E-state index contributed by atoms with van der Waals surface area (Å²) in [6, 6.07) is 10.3. The number of nitrogens with two attached hydrogens (primary N) is 1. The Bertz CT molecular complexity index is 666. The molecule has 0 bridgehead atoms. The van der Waals surface area contributed by atoms with E-state index in [4.69, 9.17) is 10.5 Å². The van der Waals surface area contributed by atoms with Crippen LogP contribution in [-0.2, 0) is 21.8 Å². The summed E-state index contributed by atoms with van der Waals surface area (Å²) in [5, 5.41) is 0.764. The predicted octanol–water partition coefficient (Wildman–Crippen LogP) is 1.45. The number of nitrogens with zero attached hydrogens (tertiary/aromatic N) is 3. The lowest BCUT2D eigenvalue weighted by molar-refractivity contribution is -0.135. The first-order valence-corrected chi connectivity index (χ1v) is 8.80. The van der Waals surface area contributed by atoms with Crippen LogP contribution in [0.4, 0.5) is 0 Å². The van der Waals surface area contributed by atoms with Gasteiger partial charge in [0, 0.05) is 43.3 Å². The van der Waals surface area contributed by atoms with Gasteiger partial charge < -0.3 is 10.5 Å². The zero-order valence-corrected chi connectivity index (χ0v) is 14.1. The summed E-state index contributed by atoms with van der Waals surface area (Å²) in [4.78, 5) is 22.2. The predicted molar refractivity (Wildman–Crippen MR) is 92.2 cm³/mol. The second kappa shape index (κ2) is 8.23. The number of morpholine rings is 1. The Morgan fingerprint density at radius 1 is 1.25 bits per heavy atom. The average Bonchev–Trinajstić information content (AvgIpc) is 2.62. The van der Waals surface area contributed by atoms with Gasteiger partial charge >= 0.3 is 0 Å². The first-order valence-electron chi connectivity index (χ1n) is 7.81. The molecule has 1 aliphatic heterocycles. The number of rotatable bonds is 6. The van der Waals surface area contributed by atoms with Gasteiger partial charge in [-0.25, -0.2) is 9.97 Å². The molecule has 126 valence electrons. The number of carbonyl (C=O) groups excluding carboxylic acids is 1. The number of ether oxygens (including phenoxy) is 1. The number of hydrogen-bond acceptors (Lipinski definition) is 6. The van der Waals surface area contributed by atoms with Gasteiger partial charge in [-0.1, -0.05) is 42.1 Å². The lowest BCUT2D eigenvalue weighted by atomic mass is 10.2. The highest BCUT2D eigenvalue weighted by molar-refractivity contribution is 7.98. The molecule has 1 aromatic carbocycles. The molecule has 6 nitrogen and oxygen atoms in total. The zero-order chi connectivity index (χ0) is 16.8. The molecule has 24 heavy (non-hydrogen) atoms. The molecule has 0 unspecified atom stereocenters. The van der Waals surface area contributed by atoms with Crippen LogP contribution in [0.25, 0.3) is 0 Å². The molecule has 7 heteroatoms. The van der Waals surface area contributed by atoms with Gasteiger partial charge in [0.05, 0.1) is 6.61 Å². The van der Waals surface area contributed by atoms with Crippen LogP contribution < -0.4 is 5.73 Å². The van der Waals surface area contributed by atoms with Crippen molar-refractivity contribution >= 4 is 17.7 Å². The molecular weight excluding hydrogens is 324 g/mol. The fourth-order valence-electron chi connectivity index (χ4n) is 2.50. The summed E-state index contributed by atoms with van der Waals surface area (Å²) in [6.07, 6.45) is 3.16. The third-order valence-corrected chi connectivity index (χ3v) is 4.71. The van der Waals surface area contributed by atoms with Crippen molar-refractivity contribution in [3.63, 3.8) is 0 Å². The quantitative estimate of drug-likeness (QED) is 0.631. The standard InChI is InChI=1S/C17H20N4O2S/c18-16(22)15-11-21(6-7-23-15)10-14-8-19-17(20-9-14)24-12-13-4-2-1-3-5-13/h1-5,8-9,15H,6-7,10-12H2,(H2,18,22)/t15-/m1/s1. The molecule has 2 aromatic rings. The zero-order valence-electron chi connectivity index (χ0n) is 13.3. The minimum Gasteiger partial charge on any atom is -0.367 e. The van der Waals surface area contributed by atoms with E-state index in [1.165, 1.54) is 5.56 Å². The Morgan fingerprint density at radius 2 is 2.00 bits per heavy atom. The van der Waals surface area contributed by atoms with Crippen LogP contribution in [0.15, 0.2) is 47.9 Å². The number of primary amides is 1. The number of hydrogen-bond donors (Lipinski definition) is 1. The highest BCUT2D eigenvalue weighted by Crippen LogP contribution is 2.19. The summed E-state index contributed by atoms with van der Waals surface area (Å²) >= 11 is 1.62. The fraction of sp³-hybridized carbons (Fsp3) is 0.353. The molecule has 0 radical (unpaired) electrons. The van der Waals surface area contributed by atoms with Crippen molar-refractivity contribution in [2.75, 3.05) is 19.7 Å². The maximum absolute atomic E-state index is 11.2. The van der Waals surface area contributed by atoms with Crippen molar-refractivity contribution in [1.82, 2.24) is 14.9 Å². The van der Waals surface area contributed by atoms with Gasteiger partial charge in [-0.3, -0.25) is 9.69 Å². The lowest BCUT2D eigenvalue weighted by Gasteiger charge is -2.31. The molecule has 1 amide bonds. The van der Waals surface area contributed by atoms with E-state index in [9.17, 15) is 4.79 Å². The van der Waals surface area contributed by atoms with E-state index in [1.807, 2.05) is 30.6 Å². The number of thioether (sulfide) groups is 1. The topological polar surface area (TPSA) is 81.3 Å². The van der Waals surface area contributed by atoms with Gasteiger partial charge in [0.1, 0.15) is 6.10 Å². The third kappa shape index (κ3) is 4.77. The Balaban J connectivity index is 1.52. The van der Waals surface area contributed by atoms with Crippen molar-refractivity contribution in [2.24, 2.45) is 5.73 Å². The first kappa shape index (κ1) is 16.9. The van der Waals surface area contributed by atoms with Crippen LogP contribution in [0.2, 0.25) is 0 Å². The van der Waals surface area contributed by atoms with Crippen molar-refractivity contribution in [2.45, 2.75) is 23.6 Å². The monoisotopic (exact) mass is 344 g/mol. The summed E-state index contributed by atoms with van der Waals surface area (Å²) < 4.78 is 5.35. The number of amides is 1. The first-order chi connectivity index (χ1) is 11.7. The Morgan fingerprint density at radius 3 is 2.71 bits per heavy atom. The van der Waals surface area contributed by atoms with E-state index in [0.29, 0.717) is 19.7 Å². The summed E-state index contributed by atoms with van der Waals surface area (Å²) in [7, 11) is 0. The van der Waals surface area contributed by atoms with Crippen molar-refractivity contribution in [1.29, 1.82) is 0 Å². The minimum atomic E-state index is -0.527. The van der Waals surface area contributed by atoms with E-state index in [-0.39, 0.29) is 0 Å². The fourth-order valence-corrected chi connectivity index (χ4v) is 3.24. The highest BCUT2D eigenvalue weighted by Gasteiger charge is 2.24. The van der Waals surface area contributed by atoms with E-state index in [1.54, 1.807) is 11.8 Å². The lowest BCUT2D eigenvalue weighted by Crippen LogP contribution is -2.47. The van der Waals surface area contributed by atoms with Crippen LogP contribution >= 0.6 is 11.8 Å². The van der Waals surface area contributed by atoms with Crippen LogP contribution in [0.3, 0.4) is 0 Å². The Hall–Kier alpha value is -1.96. The summed E-state index contributed by atoms with van der Waals surface area (Å²) in [5.41, 5.74) is 7.57. The molecule has 1 aromatic heterocycles. The van der Waals surface area contributed by atoms with E-state index in [0.717, 1.165) is 23.0 Å². The van der Waals surface area contributed by atoms with E-state index >= 15 is 0 Å². The minimum absolute atomic E-state index is 0.413. The van der Waals surface area contributed by atoms with Crippen LogP contribution in [0.5, 0.6) is 0 Å². The van der Waals surface area contributed by atoms with Gasteiger partial charge in [0.25, 0.3) is 0 Å². The highest BCUT2D eigenvalue weighted by atomic mass is 32.2. The maximum atomic E-state index is 11.2. The van der Waals surface area contributed by atoms with Crippen LogP contribution in [-0.4, -0.2) is 46.6 Å². The van der Waals surface area contributed by atoms with E-state index < -0.39 is 12.0 Å². The normalized spacial score (nSPS) is 18.4. The van der Waals surface area contributed by atoms with Crippen molar-refractivity contribution < 1.29 is 9.53 Å². The molecular formula is C17H20N4O2S. The van der Waals surface area contributed by atoms with Gasteiger partial charge in [-0.2, -0.15) is 0 Å². The van der Waals surface area contributed by atoms with Crippen LogP contribution in [0.1, 0.15) is 11.1 Å². The smallest absolute Gasteiger partial charge is 0.247 e. The Labute approximate surface area is 145 Å². The van der Waals surface area contributed by atoms with Gasteiger partial charge in [-0.15, -0.1) is 0 Å². The van der Waals surface area contributed by atoms with Gasteiger partial charge in [0.2, 0.25) is 5.91 Å². The van der Waals surface area contributed by atoms with Crippen molar-refractivity contribution in [3.8, 4) is 0 Å². The second-order valence-electron chi connectivity index (χ2n) is 5.65. The number of carbonyl (C=O) groups is 1. The van der Waals surface area contributed by atoms with E-state index in [2.05, 4.69) is 27.0 Å². The summed E-state index contributed by atoms with van der Waals surface area (Å²) in [5.74, 6) is 0.438. The molecule has 2 N–H and O–H groups in total. The Kier molecular flexibility index (Phi) is 5.79. The van der Waals surface area contributed by atoms with Gasteiger partial charge in [-0.05, 0) is 5.56 Å². The molecule has 3 rings (SSSR count). The molecule has 0 spiro atoms. The molecule has 1 fully saturated rings. The average molecular weight is 344 g/mol. The number of aromatic nitrogens is 2. The summed E-state index contributed by atoms with van der Waals surface area (Å²) in [6.45, 7) is 2.49. The van der Waals surface area contributed by atoms with Gasteiger partial charge in [0.15, 0.2) is 5.16 Å². The molecule has 2 heterocycles. The largest absolute Gasteiger partial charge is 0.367 e. The SMILES string of the molecule is NC(=O)[C@H]1CN(Cc2cnc(SCc3ccccc3)nc2)CCO1. The maximum Gasteiger partial charge on any atom is 0.247 e. The molecule has 0 saturated carbocycles. The second-order valence-corrected chi connectivity index (χ2v) is 6.59. The number of benzene rings is 1. The van der Waals surface area contributed by atoms with Crippen LogP contribution in [0, 0.1) is 0 Å².